The molecule has 2 atom stereocenters. The number of nitrogens with zero attached hydrogens (tertiary/aromatic N) is 4. The number of nitrogens with one attached hydrogen (secondary N) is 2. The highest BCUT2D eigenvalue weighted by atomic mass is 19.1. The number of halogens is 1. The molecule has 268 valence electrons. The molecule has 5 rings (SSSR count). The van der Waals surface area contributed by atoms with E-state index in [2.05, 4.69) is 10.3 Å². The highest BCUT2D eigenvalue weighted by molar-refractivity contribution is 5.99. The Morgan fingerprint density at radius 2 is 1.82 bits per heavy atom. The Bertz CT molecular complexity index is 1750. The van der Waals surface area contributed by atoms with Crippen LogP contribution in [-0.2, 0) is 25.5 Å². The maximum absolute atomic E-state index is 14.6. The molecule has 2 aromatic carbocycles. The van der Waals surface area contributed by atoms with Crippen LogP contribution in [-0.4, -0.2) is 125 Å². The molecule has 0 radical (unpaired) electrons. The topological polar surface area (TPSA) is 145 Å². The Labute approximate surface area is 290 Å². The summed E-state index contributed by atoms with van der Waals surface area (Å²) in [6.45, 7) is 5.60. The highest BCUT2D eigenvalue weighted by Gasteiger charge is 2.37. The fourth-order valence-corrected chi connectivity index (χ4v) is 6.24. The SMILES string of the molecule is CN1CC(=O)N2CCN(C(=O)OC(C)(C)C)C[C@H]2COc2ccc(F)cc2C(=O)N(C)[C@H](C(=O)NCCc2c[nH]c3ccccc23)CCC1=O. The molecule has 2 aliphatic heterocycles. The van der Waals surface area contributed by atoms with Crippen LogP contribution in [0.1, 0.15) is 49.5 Å². The summed E-state index contributed by atoms with van der Waals surface area (Å²) in [5.41, 5.74) is 1.14. The normalized spacial score (nSPS) is 19.7. The number of fused-ring (bicyclic) bond motifs is 3. The van der Waals surface area contributed by atoms with Crippen molar-refractivity contribution in [2.75, 3.05) is 53.4 Å². The van der Waals surface area contributed by atoms with E-state index < -0.39 is 47.3 Å². The van der Waals surface area contributed by atoms with Crippen LogP contribution in [0.15, 0.2) is 48.7 Å². The number of hydrogen-bond donors (Lipinski definition) is 2. The summed E-state index contributed by atoms with van der Waals surface area (Å²) in [7, 11) is 2.93. The van der Waals surface area contributed by atoms with Gasteiger partial charge in [-0.25, -0.2) is 9.18 Å². The van der Waals surface area contributed by atoms with Gasteiger partial charge in [-0.1, -0.05) is 18.2 Å². The van der Waals surface area contributed by atoms with Crippen LogP contribution in [0.3, 0.4) is 0 Å². The predicted molar refractivity (Wildman–Crippen MR) is 183 cm³/mol. The second-order valence-corrected chi connectivity index (χ2v) is 13.7. The summed E-state index contributed by atoms with van der Waals surface area (Å²) < 4.78 is 26.3. The van der Waals surface area contributed by atoms with Crippen molar-refractivity contribution >= 4 is 40.6 Å². The Balaban J connectivity index is 1.38. The Morgan fingerprint density at radius 1 is 1.06 bits per heavy atom. The van der Waals surface area contributed by atoms with Crippen LogP contribution in [0.4, 0.5) is 9.18 Å². The molecule has 13 nitrogen and oxygen atoms in total. The van der Waals surface area contributed by atoms with Gasteiger partial charge in [0.2, 0.25) is 17.7 Å². The third-order valence-electron chi connectivity index (χ3n) is 8.95. The molecule has 1 aromatic heterocycles. The molecule has 14 heteroatoms. The Kier molecular flexibility index (Phi) is 11.0. The zero-order valence-corrected chi connectivity index (χ0v) is 29.2. The number of aromatic amines is 1. The van der Waals surface area contributed by atoms with Crippen LogP contribution < -0.4 is 10.1 Å². The lowest BCUT2D eigenvalue weighted by Gasteiger charge is -2.41. The zero-order valence-electron chi connectivity index (χ0n) is 29.2. The maximum Gasteiger partial charge on any atom is 0.410 e. The van der Waals surface area contributed by atoms with Crippen molar-refractivity contribution in [2.24, 2.45) is 0 Å². The van der Waals surface area contributed by atoms with E-state index in [-0.39, 0.29) is 69.4 Å². The second-order valence-electron chi connectivity index (χ2n) is 13.7. The second kappa shape index (κ2) is 15.2. The monoisotopic (exact) mass is 692 g/mol. The van der Waals surface area contributed by atoms with E-state index in [9.17, 15) is 28.4 Å². The van der Waals surface area contributed by atoms with Crippen molar-refractivity contribution in [3.8, 4) is 5.75 Å². The number of H-pyrrole nitrogens is 1. The van der Waals surface area contributed by atoms with E-state index in [0.29, 0.717) is 6.42 Å². The van der Waals surface area contributed by atoms with Gasteiger partial charge in [0.1, 0.15) is 29.8 Å². The van der Waals surface area contributed by atoms with Gasteiger partial charge in [-0.05, 0) is 63.4 Å². The number of carbonyl (C=O) groups is 5. The van der Waals surface area contributed by atoms with E-state index in [1.807, 2.05) is 30.5 Å². The predicted octanol–water partition coefficient (Wildman–Crippen LogP) is 3.19. The number of para-hydroxylation sites is 1. The Morgan fingerprint density at radius 3 is 2.58 bits per heavy atom. The minimum absolute atomic E-state index is 0.0405. The minimum atomic E-state index is -1.09. The third kappa shape index (κ3) is 8.52. The van der Waals surface area contributed by atoms with Gasteiger partial charge in [-0.3, -0.25) is 19.2 Å². The first kappa shape index (κ1) is 36.1. The number of carbonyl (C=O) groups excluding carboxylic acids is 5. The van der Waals surface area contributed by atoms with Crippen molar-refractivity contribution in [1.29, 1.82) is 0 Å². The number of piperazine rings is 1. The lowest BCUT2D eigenvalue weighted by Crippen LogP contribution is -2.60. The largest absolute Gasteiger partial charge is 0.491 e. The fraction of sp³-hybridized carbons (Fsp3) is 0.472. The third-order valence-corrected chi connectivity index (χ3v) is 8.95. The summed E-state index contributed by atoms with van der Waals surface area (Å²) in [5.74, 6) is -2.54. The Hall–Kier alpha value is -5.14. The summed E-state index contributed by atoms with van der Waals surface area (Å²) >= 11 is 0. The van der Waals surface area contributed by atoms with E-state index in [0.717, 1.165) is 28.6 Å². The summed E-state index contributed by atoms with van der Waals surface area (Å²) in [6.07, 6.45) is 1.69. The lowest BCUT2D eigenvalue weighted by atomic mass is 10.1. The molecule has 5 amide bonds. The molecule has 0 unspecified atom stereocenters. The lowest BCUT2D eigenvalue weighted by molar-refractivity contribution is -0.143. The number of benzene rings is 2. The maximum atomic E-state index is 14.6. The smallest absolute Gasteiger partial charge is 0.410 e. The average molecular weight is 693 g/mol. The standard InChI is InChI=1S/C36H45FN6O7/c1-36(2,3)50-35(48)42-16-17-43-25(20-42)22-49-30-12-10-24(37)18-27(30)34(47)41(5)29(11-13-31(44)40(4)21-32(43)45)33(46)38-15-14-23-19-39-28-9-7-6-8-26(23)28/h6-10,12,18-19,25,29,39H,11,13-17,20-22H2,1-5H3,(H,38,46)/t25-,29-/m0/s1. The van der Waals surface area contributed by atoms with Gasteiger partial charge in [0.25, 0.3) is 5.91 Å². The first-order valence-electron chi connectivity index (χ1n) is 16.8. The number of hydrogen-bond acceptors (Lipinski definition) is 7. The molecular weight excluding hydrogens is 647 g/mol. The first-order valence-corrected chi connectivity index (χ1v) is 16.8. The molecule has 3 aromatic rings. The van der Waals surface area contributed by atoms with Gasteiger partial charge in [-0.15, -0.1) is 0 Å². The van der Waals surface area contributed by atoms with E-state index in [1.165, 1.54) is 34.9 Å². The van der Waals surface area contributed by atoms with Crippen molar-refractivity contribution in [1.82, 2.24) is 29.9 Å². The van der Waals surface area contributed by atoms with Crippen molar-refractivity contribution < 1.29 is 37.8 Å². The highest BCUT2D eigenvalue weighted by Crippen LogP contribution is 2.25. The minimum Gasteiger partial charge on any atom is -0.491 e. The van der Waals surface area contributed by atoms with E-state index >= 15 is 0 Å². The zero-order chi connectivity index (χ0) is 36.2. The average Bonchev–Trinajstić information content (AvgIpc) is 3.48. The van der Waals surface area contributed by atoms with Crippen LogP contribution in [0.2, 0.25) is 0 Å². The molecular formula is C36H45FN6O7. The van der Waals surface area contributed by atoms with Crippen molar-refractivity contribution in [3.05, 3.63) is 65.6 Å². The molecule has 1 fully saturated rings. The van der Waals surface area contributed by atoms with Crippen molar-refractivity contribution in [2.45, 2.75) is 57.7 Å². The summed E-state index contributed by atoms with van der Waals surface area (Å²) in [6, 6.07) is 9.57. The van der Waals surface area contributed by atoms with E-state index in [4.69, 9.17) is 9.47 Å². The first-order chi connectivity index (χ1) is 23.7. The molecule has 2 N–H and O–H groups in total. The number of amides is 5. The van der Waals surface area contributed by atoms with Crippen LogP contribution in [0.25, 0.3) is 10.9 Å². The molecule has 3 heterocycles. The van der Waals surface area contributed by atoms with Crippen molar-refractivity contribution in [3.63, 3.8) is 0 Å². The molecule has 0 bridgehead atoms. The molecule has 2 aliphatic rings. The molecule has 50 heavy (non-hydrogen) atoms. The number of ether oxygens (including phenoxy) is 2. The van der Waals surface area contributed by atoms with Gasteiger partial charge < -0.3 is 39.4 Å². The summed E-state index contributed by atoms with van der Waals surface area (Å²) in [5, 5.41) is 3.94. The fourth-order valence-electron chi connectivity index (χ4n) is 6.24. The van der Waals surface area contributed by atoms with E-state index in [1.54, 1.807) is 25.7 Å². The number of aromatic nitrogens is 1. The van der Waals surface area contributed by atoms with Crippen LogP contribution in [0.5, 0.6) is 5.75 Å². The molecule has 1 saturated heterocycles. The summed E-state index contributed by atoms with van der Waals surface area (Å²) in [4.78, 5) is 76.1. The number of rotatable bonds is 4. The van der Waals surface area contributed by atoms with Gasteiger partial charge in [0.05, 0.1) is 18.2 Å². The molecule has 0 spiro atoms. The van der Waals surface area contributed by atoms with Gasteiger partial charge in [0, 0.05) is 63.8 Å². The molecule has 0 saturated carbocycles. The van der Waals surface area contributed by atoms with Crippen LogP contribution >= 0.6 is 0 Å². The van der Waals surface area contributed by atoms with Crippen LogP contribution in [0, 0.1) is 5.82 Å². The number of likely N-dealkylation sites (N-methyl/N-ethyl adjacent to an activating group) is 2. The van der Waals surface area contributed by atoms with Gasteiger partial charge in [-0.2, -0.15) is 0 Å². The molecule has 0 aliphatic carbocycles. The van der Waals surface area contributed by atoms with Gasteiger partial charge in [0.15, 0.2) is 0 Å². The van der Waals surface area contributed by atoms with Gasteiger partial charge >= 0.3 is 6.09 Å². The quantitative estimate of drug-likeness (QED) is 0.428.